The lowest BCUT2D eigenvalue weighted by molar-refractivity contribution is -0.121. The van der Waals surface area contributed by atoms with Crippen molar-refractivity contribution in [2.45, 2.75) is 39.3 Å². The molecule has 0 aliphatic carbocycles. The lowest BCUT2D eigenvalue weighted by Gasteiger charge is -2.13. The molecule has 6 heteroatoms. The molecule has 0 fully saturated rings. The number of carbonyl (C=O) groups is 1. The number of hydrogen-bond acceptors (Lipinski definition) is 4. The molecule has 4 nitrogen and oxygen atoms in total. The first kappa shape index (κ1) is 17.1. The number of aryl methyl sites for hydroxylation is 1. The summed E-state index contributed by atoms with van der Waals surface area (Å²) in [7, 11) is 0. The zero-order chi connectivity index (χ0) is 16.3. The van der Waals surface area contributed by atoms with Gasteiger partial charge in [0.05, 0.1) is 16.6 Å². The molecule has 1 aromatic heterocycles. The Morgan fingerprint density at radius 1 is 1.36 bits per heavy atom. The van der Waals surface area contributed by atoms with Crippen LogP contribution in [0.2, 0.25) is 0 Å². The second-order valence-electron chi connectivity index (χ2n) is 5.45. The molecule has 0 aliphatic rings. The SMILES string of the molecule is Cc1nc(-c2ccc(Br)cc2)sc1C(C)NC(=O)CC(C)N. The summed E-state index contributed by atoms with van der Waals surface area (Å²) in [6.07, 6.45) is 0.335. The summed E-state index contributed by atoms with van der Waals surface area (Å²) in [6, 6.07) is 7.87. The van der Waals surface area contributed by atoms with Crippen molar-refractivity contribution in [3.8, 4) is 10.6 Å². The van der Waals surface area contributed by atoms with Gasteiger partial charge in [0.15, 0.2) is 0 Å². The first-order valence-electron chi connectivity index (χ1n) is 7.15. The quantitative estimate of drug-likeness (QED) is 0.827. The first-order valence-corrected chi connectivity index (χ1v) is 8.76. The fraction of sp³-hybridized carbons (Fsp3) is 0.375. The summed E-state index contributed by atoms with van der Waals surface area (Å²) in [5.74, 6) is -0.0273. The van der Waals surface area contributed by atoms with E-state index in [0.29, 0.717) is 6.42 Å². The predicted octanol–water partition coefficient (Wildman–Crippen LogP) is 3.80. The second kappa shape index (κ2) is 7.35. The van der Waals surface area contributed by atoms with Crippen LogP contribution in [-0.2, 0) is 4.79 Å². The van der Waals surface area contributed by atoms with Gasteiger partial charge in [0.2, 0.25) is 5.91 Å². The maximum Gasteiger partial charge on any atom is 0.222 e. The lowest BCUT2D eigenvalue weighted by Crippen LogP contribution is -2.31. The Morgan fingerprint density at radius 2 is 2.00 bits per heavy atom. The Balaban J connectivity index is 2.15. The standard InChI is InChI=1S/C16H20BrN3OS/c1-9(18)8-14(21)19-10(2)15-11(3)20-16(22-15)12-4-6-13(17)7-5-12/h4-7,9-10H,8,18H2,1-3H3,(H,19,21). The minimum atomic E-state index is -0.131. The smallest absolute Gasteiger partial charge is 0.222 e. The Bertz CT molecular complexity index is 652. The summed E-state index contributed by atoms with van der Waals surface area (Å²) in [6.45, 7) is 5.78. The van der Waals surface area contributed by atoms with Crippen LogP contribution in [0.3, 0.4) is 0 Å². The number of rotatable bonds is 5. The average Bonchev–Trinajstić information content (AvgIpc) is 2.80. The van der Waals surface area contributed by atoms with Crippen LogP contribution in [0.5, 0.6) is 0 Å². The van der Waals surface area contributed by atoms with E-state index in [9.17, 15) is 4.79 Å². The summed E-state index contributed by atoms with van der Waals surface area (Å²) in [5, 5.41) is 3.95. The van der Waals surface area contributed by atoms with E-state index in [1.165, 1.54) is 0 Å². The second-order valence-corrected chi connectivity index (χ2v) is 7.39. The van der Waals surface area contributed by atoms with Crippen LogP contribution in [0.1, 0.15) is 36.9 Å². The van der Waals surface area contributed by atoms with Crippen molar-refractivity contribution in [2.24, 2.45) is 5.73 Å². The molecular formula is C16H20BrN3OS. The molecule has 0 spiro atoms. The highest BCUT2D eigenvalue weighted by atomic mass is 79.9. The number of amides is 1. The summed E-state index contributed by atoms with van der Waals surface area (Å²) < 4.78 is 1.04. The van der Waals surface area contributed by atoms with Gasteiger partial charge in [-0.15, -0.1) is 11.3 Å². The van der Waals surface area contributed by atoms with E-state index in [-0.39, 0.29) is 18.0 Å². The topological polar surface area (TPSA) is 68.0 Å². The molecule has 1 heterocycles. The zero-order valence-electron chi connectivity index (χ0n) is 12.9. The van der Waals surface area contributed by atoms with Gasteiger partial charge in [-0.2, -0.15) is 0 Å². The van der Waals surface area contributed by atoms with E-state index < -0.39 is 0 Å². The summed E-state index contributed by atoms with van der Waals surface area (Å²) in [4.78, 5) is 17.6. The molecule has 118 valence electrons. The highest BCUT2D eigenvalue weighted by molar-refractivity contribution is 9.10. The number of carbonyl (C=O) groups excluding carboxylic acids is 1. The maximum absolute atomic E-state index is 11.9. The van der Waals surface area contributed by atoms with Crippen LogP contribution in [0.4, 0.5) is 0 Å². The van der Waals surface area contributed by atoms with Gasteiger partial charge in [0.25, 0.3) is 0 Å². The molecule has 0 bridgehead atoms. The number of nitrogens with two attached hydrogens (primary N) is 1. The molecule has 2 atom stereocenters. The number of hydrogen-bond donors (Lipinski definition) is 2. The highest BCUT2D eigenvalue weighted by Crippen LogP contribution is 2.32. The van der Waals surface area contributed by atoms with E-state index >= 15 is 0 Å². The molecule has 0 radical (unpaired) electrons. The van der Waals surface area contributed by atoms with Crippen molar-refractivity contribution >= 4 is 33.2 Å². The van der Waals surface area contributed by atoms with Crippen molar-refractivity contribution in [3.05, 3.63) is 39.3 Å². The van der Waals surface area contributed by atoms with E-state index in [0.717, 1.165) is 25.6 Å². The van der Waals surface area contributed by atoms with Crippen molar-refractivity contribution in [1.29, 1.82) is 0 Å². The molecule has 1 amide bonds. The molecule has 3 N–H and O–H groups in total. The number of thiazole rings is 1. The van der Waals surface area contributed by atoms with Crippen molar-refractivity contribution in [2.75, 3.05) is 0 Å². The minimum absolute atomic E-state index is 0.0273. The molecule has 0 saturated heterocycles. The minimum Gasteiger partial charge on any atom is -0.349 e. The van der Waals surface area contributed by atoms with Gasteiger partial charge >= 0.3 is 0 Å². The third-order valence-corrected chi connectivity index (χ3v) is 5.12. The van der Waals surface area contributed by atoms with Gasteiger partial charge in [-0.3, -0.25) is 4.79 Å². The van der Waals surface area contributed by atoms with Crippen LogP contribution in [-0.4, -0.2) is 16.9 Å². The molecule has 2 rings (SSSR count). The number of aromatic nitrogens is 1. The zero-order valence-corrected chi connectivity index (χ0v) is 15.3. The molecule has 22 heavy (non-hydrogen) atoms. The molecule has 2 aromatic rings. The third-order valence-electron chi connectivity index (χ3n) is 3.20. The first-order chi connectivity index (χ1) is 10.4. The van der Waals surface area contributed by atoms with Gasteiger partial charge in [-0.25, -0.2) is 4.98 Å². The monoisotopic (exact) mass is 381 g/mol. The third kappa shape index (κ3) is 4.38. The fourth-order valence-corrected chi connectivity index (χ4v) is 3.52. The van der Waals surface area contributed by atoms with Gasteiger partial charge < -0.3 is 11.1 Å². The molecule has 0 aliphatic heterocycles. The number of nitrogens with one attached hydrogen (secondary N) is 1. The Hall–Kier alpha value is -1.24. The lowest BCUT2D eigenvalue weighted by atomic mass is 10.2. The normalized spacial score (nSPS) is 13.7. The van der Waals surface area contributed by atoms with Gasteiger partial charge in [0.1, 0.15) is 5.01 Å². The van der Waals surface area contributed by atoms with E-state index in [2.05, 4.69) is 26.2 Å². The number of nitrogens with zero attached hydrogens (tertiary/aromatic N) is 1. The fourth-order valence-electron chi connectivity index (χ4n) is 2.18. The Morgan fingerprint density at radius 3 is 2.59 bits per heavy atom. The van der Waals surface area contributed by atoms with Gasteiger partial charge in [-0.05, 0) is 32.9 Å². The summed E-state index contributed by atoms with van der Waals surface area (Å²) >= 11 is 5.05. The van der Waals surface area contributed by atoms with Crippen LogP contribution in [0, 0.1) is 6.92 Å². The summed E-state index contributed by atoms with van der Waals surface area (Å²) in [5.41, 5.74) is 7.69. The van der Waals surface area contributed by atoms with Crippen molar-refractivity contribution in [1.82, 2.24) is 10.3 Å². The predicted molar refractivity (Wildman–Crippen MR) is 94.8 cm³/mol. The number of benzene rings is 1. The van der Waals surface area contributed by atoms with E-state index in [4.69, 9.17) is 5.73 Å². The number of halogens is 1. The Kier molecular flexibility index (Phi) is 5.72. The van der Waals surface area contributed by atoms with Crippen molar-refractivity contribution in [3.63, 3.8) is 0 Å². The van der Waals surface area contributed by atoms with E-state index in [1.807, 2.05) is 45.0 Å². The van der Waals surface area contributed by atoms with Gasteiger partial charge in [-0.1, -0.05) is 28.1 Å². The van der Waals surface area contributed by atoms with Crippen LogP contribution in [0.15, 0.2) is 28.7 Å². The average molecular weight is 382 g/mol. The van der Waals surface area contributed by atoms with Crippen molar-refractivity contribution < 1.29 is 4.79 Å². The van der Waals surface area contributed by atoms with E-state index in [1.54, 1.807) is 11.3 Å². The highest BCUT2D eigenvalue weighted by Gasteiger charge is 2.17. The van der Waals surface area contributed by atoms with Crippen LogP contribution < -0.4 is 11.1 Å². The van der Waals surface area contributed by atoms with Crippen LogP contribution >= 0.6 is 27.3 Å². The molecule has 1 aromatic carbocycles. The maximum atomic E-state index is 11.9. The van der Waals surface area contributed by atoms with Crippen LogP contribution in [0.25, 0.3) is 10.6 Å². The molecule has 2 unspecified atom stereocenters. The molecule has 0 saturated carbocycles. The molecular weight excluding hydrogens is 362 g/mol. The Labute approximate surface area is 143 Å². The largest absolute Gasteiger partial charge is 0.349 e. The van der Waals surface area contributed by atoms with Gasteiger partial charge in [0, 0.05) is 22.5 Å².